The fourth-order valence-electron chi connectivity index (χ4n) is 1.43. The summed E-state index contributed by atoms with van der Waals surface area (Å²) in [5, 5.41) is 2.43. The van der Waals surface area contributed by atoms with Gasteiger partial charge in [-0.1, -0.05) is 0 Å². The minimum Gasteiger partial charge on any atom is -0.390 e. The Balaban J connectivity index is 2.11. The van der Waals surface area contributed by atoms with E-state index in [9.17, 15) is 4.79 Å². The Morgan fingerprint density at radius 2 is 2.21 bits per heavy atom. The molecule has 0 radical (unpaired) electrons. The molecule has 2 rings (SSSR count). The zero-order valence-corrected chi connectivity index (χ0v) is 8.55. The molecule has 0 spiro atoms. The van der Waals surface area contributed by atoms with Crippen molar-refractivity contribution < 1.29 is 9.53 Å². The molecule has 1 saturated heterocycles. The Bertz CT molecular complexity index is 331. The molecule has 1 aromatic rings. The number of hydrogen-bond acceptors (Lipinski definition) is 4. The second-order valence-electron chi connectivity index (χ2n) is 3.10. The fraction of sp³-hybridized carbons (Fsp3) is 0.444. The lowest BCUT2D eigenvalue weighted by atomic mass is 10.2. The molecule has 0 aromatic carbocycles. The van der Waals surface area contributed by atoms with Gasteiger partial charge in [0.15, 0.2) is 0 Å². The summed E-state index contributed by atoms with van der Waals surface area (Å²) >= 11 is 1.40. The Hall–Kier alpha value is -1.07. The number of carbonyl (C=O) groups excluding carboxylic acids is 1. The second-order valence-corrected chi connectivity index (χ2v) is 4.05. The average molecular weight is 212 g/mol. The van der Waals surface area contributed by atoms with E-state index in [1.165, 1.54) is 11.3 Å². The number of nitrogens with zero attached hydrogens (tertiary/aromatic N) is 1. The lowest BCUT2D eigenvalue weighted by molar-refractivity contribution is 0.0304. The molecule has 2 N–H and O–H groups in total. The highest BCUT2D eigenvalue weighted by atomic mass is 32.1. The lowest BCUT2D eigenvalue weighted by Crippen LogP contribution is -2.40. The number of nitrogens with two attached hydrogens (primary N) is 1. The number of ether oxygens (including phenoxy) is 1. The summed E-state index contributed by atoms with van der Waals surface area (Å²) in [7, 11) is 0. The number of hydrogen-bond donors (Lipinski definition) is 1. The van der Waals surface area contributed by atoms with Crippen LogP contribution in [-0.2, 0) is 4.74 Å². The number of anilines is 1. The molecule has 14 heavy (non-hydrogen) atoms. The Morgan fingerprint density at radius 3 is 2.79 bits per heavy atom. The van der Waals surface area contributed by atoms with Crippen molar-refractivity contribution in [2.24, 2.45) is 0 Å². The smallest absolute Gasteiger partial charge is 0.256 e. The van der Waals surface area contributed by atoms with E-state index in [0.29, 0.717) is 36.9 Å². The van der Waals surface area contributed by atoms with Crippen molar-refractivity contribution in [2.45, 2.75) is 0 Å². The summed E-state index contributed by atoms with van der Waals surface area (Å²) in [5.74, 6) is 0.0204. The third-order valence-corrected chi connectivity index (χ3v) is 2.97. The monoisotopic (exact) mass is 212 g/mol. The summed E-state index contributed by atoms with van der Waals surface area (Å²) in [6, 6.07) is 1.78. The Kier molecular flexibility index (Phi) is 2.69. The van der Waals surface area contributed by atoms with Crippen LogP contribution in [0.1, 0.15) is 10.4 Å². The van der Waals surface area contributed by atoms with Gasteiger partial charge in [-0.25, -0.2) is 0 Å². The molecule has 4 nitrogen and oxygen atoms in total. The molecule has 0 unspecified atom stereocenters. The SMILES string of the molecule is Nc1sccc1C(=O)N1CCOCC1. The van der Waals surface area contributed by atoms with Crippen LogP contribution in [0, 0.1) is 0 Å². The Morgan fingerprint density at radius 1 is 1.50 bits per heavy atom. The van der Waals surface area contributed by atoms with E-state index in [0.717, 1.165) is 0 Å². The molecule has 0 bridgehead atoms. The molecule has 1 aliphatic rings. The predicted molar refractivity (Wildman–Crippen MR) is 55.5 cm³/mol. The number of nitrogen functional groups attached to an aromatic ring is 1. The van der Waals surface area contributed by atoms with Gasteiger partial charge >= 0.3 is 0 Å². The first kappa shape index (κ1) is 9.48. The van der Waals surface area contributed by atoms with Gasteiger partial charge in [0, 0.05) is 13.1 Å². The van der Waals surface area contributed by atoms with Crippen molar-refractivity contribution in [2.75, 3.05) is 32.0 Å². The van der Waals surface area contributed by atoms with Crippen LogP contribution >= 0.6 is 11.3 Å². The van der Waals surface area contributed by atoms with Crippen LogP contribution in [0.4, 0.5) is 5.00 Å². The maximum Gasteiger partial charge on any atom is 0.256 e. The summed E-state index contributed by atoms with van der Waals surface area (Å²) in [6.45, 7) is 2.56. The van der Waals surface area contributed by atoms with E-state index in [4.69, 9.17) is 10.5 Å². The highest BCUT2D eigenvalue weighted by Gasteiger charge is 2.20. The van der Waals surface area contributed by atoms with Gasteiger partial charge < -0.3 is 15.4 Å². The van der Waals surface area contributed by atoms with Gasteiger partial charge in [-0.2, -0.15) is 0 Å². The van der Waals surface area contributed by atoms with Gasteiger partial charge in [-0.3, -0.25) is 4.79 Å². The van der Waals surface area contributed by atoms with Gasteiger partial charge in [0.1, 0.15) is 0 Å². The van der Waals surface area contributed by atoms with Crippen molar-refractivity contribution >= 4 is 22.2 Å². The quantitative estimate of drug-likeness (QED) is 0.749. The molecule has 1 aromatic heterocycles. The molecule has 0 saturated carbocycles. The minimum atomic E-state index is 0.0204. The number of morpholine rings is 1. The molecular weight excluding hydrogens is 200 g/mol. The molecule has 1 fully saturated rings. The summed E-state index contributed by atoms with van der Waals surface area (Å²) in [6.07, 6.45) is 0. The third kappa shape index (κ3) is 1.73. The molecule has 76 valence electrons. The van der Waals surface area contributed by atoms with Crippen LogP contribution in [0.2, 0.25) is 0 Å². The highest BCUT2D eigenvalue weighted by molar-refractivity contribution is 7.14. The van der Waals surface area contributed by atoms with E-state index in [-0.39, 0.29) is 5.91 Å². The largest absolute Gasteiger partial charge is 0.390 e. The van der Waals surface area contributed by atoms with Gasteiger partial charge in [-0.15, -0.1) is 11.3 Å². The number of amides is 1. The highest BCUT2D eigenvalue weighted by Crippen LogP contribution is 2.20. The van der Waals surface area contributed by atoms with E-state index < -0.39 is 0 Å². The first-order valence-electron chi connectivity index (χ1n) is 4.49. The normalized spacial score (nSPS) is 17.0. The van der Waals surface area contributed by atoms with Gasteiger partial charge in [-0.05, 0) is 11.4 Å². The zero-order chi connectivity index (χ0) is 9.97. The van der Waals surface area contributed by atoms with E-state index in [2.05, 4.69) is 0 Å². The van der Waals surface area contributed by atoms with Gasteiger partial charge in [0.25, 0.3) is 5.91 Å². The molecule has 0 atom stereocenters. The van der Waals surface area contributed by atoms with Crippen LogP contribution in [0.25, 0.3) is 0 Å². The van der Waals surface area contributed by atoms with Crippen LogP contribution < -0.4 is 5.73 Å². The fourth-order valence-corrected chi connectivity index (χ4v) is 2.07. The maximum atomic E-state index is 11.9. The third-order valence-electron chi connectivity index (χ3n) is 2.22. The minimum absolute atomic E-state index is 0.0204. The number of rotatable bonds is 1. The first-order chi connectivity index (χ1) is 6.79. The van der Waals surface area contributed by atoms with Gasteiger partial charge in [0.2, 0.25) is 0 Å². The molecule has 5 heteroatoms. The van der Waals surface area contributed by atoms with Crippen molar-refractivity contribution in [3.05, 3.63) is 17.0 Å². The topological polar surface area (TPSA) is 55.6 Å². The summed E-state index contributed by atoms with van der Waals surface area (Å²) < 4.78 is 5.17. The second kappa shape index (κ2) is 3.98. The predicted octanol–water partition coefficient (Wildman–Crippen LogP) is 0.803. The molecular formula is C9H12N2O2S. The summed E-state index contributed by atoms with van der Waals surface area (Å²) in [4.78, 5) is 13.7. The van der Waals surface area contributed by atoms with Gasteiger partial charge in [0.05, 0.1) is 23.8 Å². The average Bonchev–Trinajstić information content (AvgIpc) is 2.65. The van der Waals surface area contributed by atoms with Crippen molar-refractivity contribution in [3.8, 4) is 0 Å². The van der Waals surface area contributed by atoms with E-state index in [1.54, 1.807) is 11.0 Å². The molecule has 1 amide bonds. The van der Waals surface area contributed by atoms with E-state index >= 15 is 0 Å². The van der Waals surface area contributed by atoms with Crippen LogP contribution in [0.5, 0.6) is 0 Å². The maximum absolute atomic E-state index is 11.9. The molecule has 1 aliphatic heterocycles. The summed E-state index contributed by atoms with van der Waals surface area (Å²) in [5.41, 5.74) is 6.31. The number of thiophene rings is 1. The van der Waals surface area contributed by atoms with E-state index in [1.807, 2.05) is 5.38 Å². The zero-order valence-electron chi connectivity index (χ0n) is 7.73. The van der Waals surface area contributed by atoms with Crippen molar-refractivity contribution in [3.63, 3.8) is 0 Å². The number of carbonyl (C=O) groups is 1. The van der Waals surface area contributed by atoms with Crippen LogP contribution in [-0.4, -0.2) is 37.1 Å². The Labute approximate surface area is 86.3 Å². The van der Waals surface area contributed by atoms with Crippen molar-refractivity contribution in [1.29, 1.82) is 0 Å². The van der Waals surface area contributed by atoms with Crippen LogP contribution in [0.15, 0.2) is 11.4 Å². The molecule has 0 aliphatic carbocycles. The molecule has 2 heterocycles. The van der Waals surface area contributed by atoms with Crippen molar-refractivity contribution in [1.82, 2.24) is 4.90 Å². The lowest BCUT2D eigenvalue weighted by Gasteiger charge is -2.26. The first-order valence-corrected chi connectivity index (χ1v) is 5.37. The standard InChI is InChI=1S/C9H12N2O2S/c10-8-7(1-6-14-8)9(12)11-2-4-13-5-3-11/h1,6H,2-5,10H2. The van der Waals surface area contributed by atoms with Crippen LogP contribution in [0.3, 0.4) is 0 Å².